The summed E-state index contributed by atoms with van der Waals surface area (Å²) in [7, 11) is -3.63. The minimum atomic E-state index is -3.63. The summed E-state index contributed by atoms with van der Waals surface area (Å²) in [6.07, 6.45) is 0. The Balaban J connectivity index is 0. The molecule has 0 fully saturated rings. The molecule has 0 radical (unpaired) electrons. The van der Waals surface area contributed by atoms with E-state index in [1.54, 1.807) is 0 Å². The molecule has 0 saturated carbocycles. The van der Waals surface area contributed by atoms with Gasteiger partial charge in [0.25, 0.3) is 0 Å². The van der Waals surface area contributed by atoms with Crippen LogP contribution in [0, 0.1) is 0 Å². The molecule has 3 nitrogen and oxygen atoms in total. The van der Waals surface area contributed by atoms with Crippen LogP contribution in [0.3, 0.4) is 0 Å². The fourth-order valence-corrected chi connectivity index (χ4v) is 0. The van der Waals surface area contributed by atoms with Gasteiger partial charge in [-0.15, -0.1) is 0 Å². The molecule has 0 bridgehead atoms. The monoisotopic (exact) mass is 314 g/mol. The summed E-state index contributed by atoms with van der Waals surface area (Å²) >= 11 is 1.10. The van der Waals surface area contributed by atoms with Gasteiger partial charge in [-0.2, -0.15) is 0 Å². The molecule has 0 spiro atoms. The van der Waals surface area contributed by atoms with Crippen molar-refractivity contribution in [2.24, 2.45) is 0 Å². The summed E-state index contributed by atoms with van der Waals surface area (Å²) in [5.74, 6) is 0. The van der Waals surface area contributed by atoms with Crippen molar-refractivity contribution in [3.05, 3.63) is 0 Å². The van der Waals surface area contributed by atoms with E-state index in [0.29, 0.717) is 0 Å². The van der Waals surface area contributed by atoms with E-state index in [4.69, 9.17) is 4.55 Å². The molecule has 0 aromatic carbocycles. The Hall–Kier alpha value is 1.59. The second-order valence-electron chi connectivity index (χ2n) is 0.502. The first kappa shape index (κ1) is 11.4. The first-order valence-corrected chi connectivity index (χ1v) is 9.08. The molecule has 44 valence electrons. The molecule has 7 heteroatoms. The Morgan fingerprint density at radius 1 is 1.57 bits per heavy atom. The summed E-state index contributed by atoms with van der Waals surface area (Å²) in [6.45, 7) is 0. The summed E-state index contributed by atoms with van der Waals surface area (Å²) in [5, 5.41) is 0. The van der Waals surface area contributed by atoms with Crippen molar-refractivity contribution in [3.63, 3.8) is 0 Å². The molecule has 0 rings (SSSR count). The second kappa shape index (κ2) is 4.46. The molecule has 0 aromatic heterocycles. The van der Waals surface area contributed by atoms with E-state index >= 15 is 0 Å². The molecular formula is H5GaO3SSe2. The van der Waals surface area contributed by atoms with Crippen LogP contribution in [-0.2, 0) is 8.54 Å². The van der Waals surface area contributed by atoms with Crippen LogP contribution in [-0.4, -0.2) is 59.0 Å². The molecule has 0 amide bonds. The van der Waals surface area contributed by atoms with E-state index in [0.717, 1.165) is 0 Å². The van der Waals surface area contributed by atoms with Gasteiger partial charge >= 0.3 is 67.5 Å². The Morgan fingerprint density at radius 2 is 1.71 bits per heavy atom. The van der Waals surface area contributed by atoms with Crippen molar-refractivity contribution in [2.75, 3.05) is 0 Å². The maximum absolute atomic E-state index is 9.57. The standard InChI is InChI=1S/Ga.H2O3SSe2.3H/c;1-4(2,3)6-5;;;/h;5H,(H,1,2,3);;;. The molecule has 0 aliphatic rings. The van der Waals surface area contributed by atoms with Gasteiger partial charge in [0.05, 0.1) is 0 Å². The number of rotatable bonds is 1. The first-order valence-electron chi connectivity index (χ1n) is 0.865. The van der Waals surface area contributed by atoms with Gasteiger partial charge in [0, 0.05) is 0 Å². The van der Waals surface area contributed by atoms with Crippen molar-refractivity contribution < 1.29 is 13.0 Å². The van der Waals surface area contributed by atoms with Crippen molar-refractivity contribution in [2.45, 2.75) is 0 Å². The fraction of sp³-hybridized carbons (Fsp3) is 0. The Morgan fingerprint density at radius 3 is 1.71 bits per heavy atom. The van der Waals surface area contributed by atoms with Gasteiger partial charge in [-0.3, -0.25) is 0 Å². The zero-order valence-corrected chi connectivity index (χ0v) is 6.93. The molecule has 0 aliphatic carbocycles. The van der Waals surface area contributed by atoms with Gasteiger partial charge in [-0.1, -0.05) is 0 Å². The van der Waals surface area contributed by atoms with Gasteiger partial charge in [-0.05, 0) is 0 Å². The molecule has 0 unspecified atom stereocenters. The van der Waals surface area contributed by atoms with Crippen LogP contribution < -0.4 is 0 Å². The molecule has 0 aromatic rings. The van der Waals surface area contributed by atoms with E-state index in [1.165, 1.54) is 0 Å². The zero-order chi connectivity index (χ0) is 5.21. The summed E-state index contributed by atoms with van der Waals surface area (Å²) in [4.78, 5) is 0. The predicted octanol–water partition coefficient (Wildman–Crippen LogP) is -2.87. The Kier molecular flexibility index (Phi) is 7.26. The SMILES string of the molecule is O=S(=O)(O)[Se][SeH].[GaH3]. The van der Waals surface area contributed by atoms with Crippen molar-refractivity contribution >= 4 is 54.5 Å². The van der Waals surface area contributed by atoms with Crippen LogP contribution in [0.4, 0.5) is 0 Å². The predicted molar refractivity (Wildman–Crippen MR) is 34.4 cm³/mol. The van der Waals surface area contributed by atoms with Gasteiger partial charge in [0.2, 0.25) is 0 Å². The number of hydrogen-bond donors (Lipinski definition) is 1. The molecule has 0 heterocycles. The van der Waals surface area contributed by atoms with Crippen molar-refractivity contribution in [1.29, 1.82) is 0 Å². The molecule has 7 heavy (non-hydrogen) atoms. The van der Waals surface area contributed by atoms with E-state index in [9.17, 15) is 8.42 Å². The van der Waals surface area contributed by atoms with Crippen LogP contribution >= 0.6 is 0 Å². The van der Waals surface area contributed by atoms with E-state index in [-0.39, 0.29) is 19.8 Å². The Labute approximate surface area is 67.0 Å². The molecule has 0 saturated heterocycles. The maximum atomic E-state index is 9.57. The zero-order valence-electron chi connectivity index (χ0n) is 2.53. The fourth-order valence-electron chi connectivity index (χ4n) is 0. The Bertz CT molecular complexity index is 115. The topological polar surface area (TPSA) is 54.4 Å². The van der Waals surface area contributed by atoms with Crippen molar-refractivity contribution in [1.82, 2.24) is 0 Å². The third-order valence-electron chi connectivity index (χ3n) is 0.0942. The van der Waals surface area contributed by atoms with Gasteiger partial charge in [0.1, 0.15) is 0 Å². The average Bonchev–Trinajstić information content (AvgIpc) is 1.35. The normalized spacial score (nSPS) is 10.0. The second-order valence-corrected chi connectivity index (χ2v) is 9.97. The first-order chi connectivity index (χ1) is 2.56. The summed E-state index contributed by atoms with van der Waals surface area (Å²) < 4.78 is 26.9. The third kappa shape index (κ3) is 11.3. The molecular weight excluding hydrogens is 308 g/mol. The van der Waals surface area contributed by atoms with Crippen LogP contribution in [0.2, 0.25) is 0 Å². The minimum absolute atomic E-state index is 0. The molecule has 0 aliphatic heterocycles. The molecule has 0 atom stereocenters. The van der Waals surface area contributed by atoms with Crippen LogP contribution in [0.5, 0.6) is 0 Å². The van der Waals surface area contributed by atoms with Gasteiger partial charge in [-0.25, -0.2) is 0 Å². The van der Waals surface area contributed by atoms with Gasteiger partial charge < -0.3 is 0 Å². The van der Waals surface area contributed by atoms with E-state index < -0.39 is 20.5 Å². The summed E-state index contributed by atoms with van der Waals surface area (Å²) in [5.41, 5.74) is 0. The quantitative estimate of drug-likeness (QED) is 0.418. The van der Waals surface area contributed by atoms with Crippen LogP contribution in [0.1, 0.15) is 0 Å². The van der Waals surface area contributed by atoms with Gasteiger partial charge in [0.15, 0.2) is 0 Å². The number of hydrogen-bond acceptors (Lipinski definition) is 2. The van der Waals surface area contributed by atoms with E-state index in [2.05, 4.69) is 0 Å². The van der Waals surface area contributed by atoms with E-state index in [1.807, 2.05) is 14.2 Å². The molecule has 1 N–H and O–H groups in total. The third-order valence-corrected chi connectivity index (χ3v) is 7.63. The van der Waals surface area contributed by atoms with Crippen molar-refractivity contribution in [3.8, 4) is 0 Å². The van der Waals surface area contributed by atoms with Crippen LogP contribution in [0.25, 0.3) is 0 Å². The average molecular weight is 313 g/mol. The summed E-state index contributed by atoms with van der Waals surface area (Å²) in [6, 6.07) is 0. The van der Waals surface area contributed by atoms with Crippen LogP contribution in [0.15, 0.2) is 0 Å².